The van der Waals surface area contributed by atoms with Crippen LogP contribution in [0.5, 0.6) is 5.75 Å². The molecule has 1 aliphatic rings. The second kappa shape index (κ2) is 12.7. The Morgan fingerprint density at radius 1 is 1.17 bits per heavy atom. The SMILES string of the molecule is CCCCS(=O)(=O)NC(Cc1ccc(OCC2CN(c3ccc(CN)cc3)C(=O)O2)cc1)C(=O)OC. The van der Waals surface area contributed by atoms with Gasteiger partial charge < -0.3 is 19.9 Å². The molecule has 0 saturated carbocycles. The number of benzene rings is 2. The first kappa shape index (κ1) is 27.4. The largest absolute Gasteiger partial charge is 0.490 e. The fraction of sp³-hybridized carbons (Fsp3) is 0.440. The number of rotatable bonds is 13. The molecule has 3 N–H and O–H groups in total. The van der Waals surface area contributed by atoms with Gasteiger partial charge in [-0.2, -0.15) is 0 Å². The normalized spacial score (nSPS) is 16.5. The molecule has 1 heterocycles. The lowest BCUT2D eigenvalue weighted by Gasteiger charge is -2.17. The van der Waals surface area contributed by atoms with Crippen LogP contribution in [0.1, 0.15) is 30.9 Å². The van der Waals surface area contributed by atoms with E-state index >= 15 is 0 Å². The maximum Gasteiger partial charge on any atom is 0.414 e. The van der Waals surface area contributed by atoms with Crippen molar-refractivity contribution in [3.63, 3.8) is 0 Å². The number of carbonyl (C=O) groups excluding carboxylic acids is 2. The average Bonchev–Trinajstić information content (AvgIpc) is 3.26. The number of sulfonamides is 1. The monoisotopic (exact) mass is 519 g/mol. The summed E-state index contributed by atoms with van der Waals surface area (Å²) in [5, 5.41) is 0. The number of ether oxygens (including phenoxy) is 3. The number of methoxy groups -OCH3 is 1. The molecule has 36 heavy (non-hydrogen) atoms. The van der Waals surface area contributed by atoms with Crippen molar-refractivity contribution in [2.45, 2.75) is 44.9 Å². The Balaban J connectivity index is 1.54. The highest BCUT2D eigenvalue weighted by Crippen LogP contribution is 2.23. The third-order valence-corrected chi connectivity index (χ3v) is 7.20. The first-order chi connectivity index (χ1) is 17.2. The predicted molar refractivity (Wildman–Crippen MR) is 135 cm³/mol. The lowest BCUT2D eigenvalue weighted by molar-refractivity contribution is -0.142. The van der Waals surface area contributed by atoms with Crippen molar-refractivity contribution in [2.24, 2.45) is 5.73 Å². The fourth-order valence-electron chi connectivity index (χ4n) is 3.70. The number of nitrogens with zero attached hydrogens (tertiary/aromatic N) is 1. The first-order valence-electron chi connectivity index (χ1n) is 11.8. The Morgan fingerprint density at radius 2 is 1.83 bits per heavy atom. The minimum absolute atomic E-state index is 0.0497. The number of unbranched alkanes of at least 4 members (excludes halogenated alkanes) is 1. The molecular formula is C25H33N3O7S. The molecule has 2 unspecified atom stereocenters. The van der Waals surface area contributed by atoms with Crippen molar-refractivity contribution in [1.29, 1.82) is 0 Å². The summed E-state index contributed by atoms with van der Waals surface area (Å²) in [4.78, 5) is 26.0. The number of amides is 1. The van der Waals surface area contributed by atoms with E-state index in [1.165, 1.54) is 7.11 Å². The molecule has 2 aromatic rings. The van der Waals surface area contributed by atoms with Crippen molar-refractivity contribution in [3.8, 4) is 5.75 Å². The Labute approximate surface area is 211 Å². The lowest BCUT2D eigenvalue weighted by atomic mass is 10.1. The summed E-state index contributed by atoms with van der Waals surface area (Å²) in [6.45, 7) is 2.85. The quantitative estimate of drug-likeness (QED) is 0.385. The molecule has 1 amide bonds. The van der Waals surface area contributed by atoms with Gasteiger partial charge in [-0.25, -0.2) is 17.9 Å². The average molecular weight is 520 g/mol. The van der Waals surface area contributed by atoms with Crippen LogP contribution in [0.4, 0.5) is 10.5 Å². The van der Waals surface area contributed by atoms with Gasteiger partial charge in [0.15, 0.2) is 6.10 Å². The summed E-state index contributed by atoms with van der Waals surface area (Å²) in [6.07, 6.45) is 0.494. The van der Waals surface area contributed by atoms with Crippen molar-refractivity contribution in [2.75, 3.05) is 30.9 Å². The van der Waals surface area contributed by atoms with Gasteiger partial charge in [-0.3, -0.25) is 9.69 Å². The van der Waals surface area contributed by atoms with Crippen LogP contribution in [0, 0.1) is 0 Å². The summed E-state index contributed by atoms with van der Waals surface area (Å²) in [5.74, 6) is -0.147. The van der Waals surface area contributed by atoms with Crippen LogP contribution in [0.25, 0.3) is 0 Å². The number of nitrogens with one attached hydrogen (secondary N) is 1. The van der Waals surface area contributed by atoms with Gasteiger partial charge in [-0.1, -0.05) is 37.6 Å². The van der Waals surface area contributed by atoms with Gasteiger partial charge in [0.1, 0.15) is 18.4 Å². The van der Waals surface area contributed by atoms with Crippen molar-refractivity contribution in [3.05, 3.63) is 59.7 Å². The van der Waals surface area contributed by atoms with Crippen LogP contribution >= 0.6 is 0 Å². The molecule has 0 radical (unpaired) electrons. The molecule has 1 aliphatic heterocycles. The first-order valence-corrected chi connectivity index (χ1v) is 13.5. The molecule has 196 valence electrons. The summed E-state index contributed by atoms with van der Waals surface area (Å²) in [7, 11) is -2.38. The number of carbonyl (C=O) groups is 2. The zero-order valence-electron chi connectivity index (χ0n) is 20.5. The molecule has 0 aromatic heterocycles. The van der Waals surface area contributed by atoms with E-state index in [2.05, 4.69) is 4.72 Å². The number of hydrogen-bond acceptors (Lipinski definition) is 8. The summed E-state index contributed by atoms with van der Waals surface area (Å²) >= 11 is 0. The lowest BCUT2D eigenvalue weighted by Crippen LogP contribution is -2.43. The highest BCUT2D eigenvalue weighted by molar-refractivity contribution is 7.89. The van der Waals surface area contributed by atoms with Crippen molar-refractivity contribution in [1.82, 2.24) is 4.72 Å². The molecule has 1 saturated heterocycles. The molecule has 2 aromatic carbocycles. The van der Waals surface area contributed by atoms with E-state index < -0.39 is 34.2 Å². The third-order valence-electron chi connectivity index (χ3n) is 5.73. The molecule has 10 nitrogen and oxygen atoms in total. The zero-order valence-corrected chi connectivity index (χ0v) is 21.3. The Kier molecular flexibility index (Phi) is 9.68. The number of hydrogen-bond donors (Lipinski definition) is 2. The highest BCUT2D eigenvalue weighted by atomic mass is 32.2. The van der Waals surface area contributed by atoms with E-state index in [4.69, 9.17) is 19.9 Å². The second-order valence-electron chi connectivity index (χ2n) is 8.51. The third kappa shape index (κ3) is 7.67. The van der Waals surface area contributed by atoms with Gasteiger partial charge in [0, 0.05) is 12.2 Å². The van der Waals surface area contributed by atoms with Gasteiger partial charge in [0.05, 0.1) is 19.4 Å². The molecule has 0 bridgehead atoms. The standard InChI is InChI=1S/C25H33N3O7S/c1-3-4-13-36(31,32)27-23(24(29)33-2)14-18-7-11-21(12-8-18)34-17-22-16-28(25(30)35-22)20-9-5-19(15-26)6-10-20/h5-12,22-23,27H,3-4,13-17,26H2,1-2H3. The molecule has 11 heteroatoms. The molecule has 3 rings (SSSR count). The van der Waals surface area contributed by atoms with Crippen molar-refractivity contribution >= 4 is 27.8 Å². The maximum absolute atomic E-state index is 12.3. The maximum atomic E-state index is 12.3. The van der Waals surface area contributed by atoms with Crippen LogP contribution in [-0.2, 0) is 37.3 Å². The summed E-state index contributed by atoms with van der Waals surface area (Å²) in [5.41, 5.74) is 8.06. The Morgan fingerprint density at radius 3 is 2.44 bits per heavy atom. The van der Waals surface area contributed by atoms with E-state index in [-0.39, 0.29) is 18.8 Å². The Hall–Kier alpha value is -3.15. The molecular weight excluding hydrogens is 486 g/mol. The molecule has 0 spiro atoms. The predicted octanol–water partition coefficient (Wildman–Crippen LogP) is 2.35. The fourth-order valence-corrected chi connectivity index (χ4v) is 5.10. The molecule has 2 atom stereocenters. The van der Waals surface area contributed by atoms with Gasteiger partial charge in [-0.05, 0) is 48.2 Å². The van der Waals surface area contributed by atoms with E-state index in [9.17, 15) is 18.0 Å². The smallest absolute Gasteiger partial charge is 0.414 e. The number of cyclic esters (lactones) is 1. The zero-order chi connectivity index (χ0) is 26.1. The number of esters is 1. The van der Waals surface area contributed by atoms with Crippen LogP contribution in [0.2, 0.25) is 0 Å². The molecule has 0 aliphatic carbocycles. The van der Waals surface area contributed by atoms with Crippen LogP contribution in [0.15, 0.2) is 48.5 Å². The van der Waals surface area contributed by atoms with Crippen LogP contribution in [0.3, 0.4) is 0 Å². The highest BCUT2D eigenvalue weighted by Gasteiger charge is 2.33. The minimum Gasteiger partial charge on any atom is -0.490 e. The van der Waals surface area contributed by atoms with Gasteiger partial charge in [-0.15, -0.1) is 0 Å². The van der Waals surface area contributed by atoms with Crippen molar-refractivity contribution < 1.29 is 32.2 Å². The van der Waals surface area contributed by atoms with Gasteiger partial charge in [0.25, 0.3) is 0 Å². The topological polar surface area (TPSA) is 137 Å². The van der Waals surface area contributed by atoms with Gasteiger partial charge in [0.2, 0.25) is 10.0 Å². The Bertz CT molecular complexity index is 1120. The van der Waals surface area contributed by atoms with E-state index in [0.29, 0.717) is 25.3 Å². The second-order valence-corrected chi connectivity index (χ2v) is 10.4. The minimum atomic E-state index is -3.60. The van der Waals surface area contributed by atoms with Crippen LogP contribution in [-0.4, -0.2) is 58.6 Å². The number of nitrogens with two attached hydrogens (primary N) is 1. The number of anilines is 1. The molecule has 1 fully saturated rings. The van der Waals surface area contributed by atoms with E-state index in [1.54, 1.807) is 29.2 Å². The summed E-state index contributed by atoms with van der Waals surface area (Å²) < 4.78 is 42.9. The summed E-state index contributed by atoms with van der Waals surface area (Å²) in [6, 6.07) is 13.3. The van der Waals surface area contributed by atoms with Gasteiger partial charge >= 0.3 is 12.1 Å². The van der Waals surface area contributed by atoms with E-state index in [1.807, 2.05) is 31.2 Å². The van der Waals surface area contributed by atoms with E-state index in [0.717, 1.165) is 23.2 Å². The van der Waals surface area contributed by atoms with Crippen LogP contribution < -0.4 is 20.1 Å².